The van der Waals surface area contributed by atoms with Crippen LogP contribution in [0.5, 0.6) is 0 Å². The normalized spacial score (nSPS) is 11.7. The van der Waals surface area contributed by atoms with Gasteiger partial charge in [-0.15, -0.1) is 0 Å². The Kier molecular flexibility index (Phi) is 5.87. The van der Waals surface area contributed by atoms with E-state index in [1.807, 2.05) is 0 Å². The maximum absolute atomic E-state index is 12.0. The highest BCUT2D eigenvalue weighted by Crippen LogP contribution is 2.26. The maximum Gasteiger partial charge on any atom is 0.244 e. The zero-order chi connectivity index (χ0) is 13.6. The third kappa shape index (κ3) is 4.13. The van der Waals surface area contributed by atoms with Crippen LogP contribution in [0.4, 0.5) is 5.69 Å². The Labute approximate surface area is 112 Å². The van der Waals surface area contributed by atoms with Crippen LogP contribution < -0.4 is 10.5 Å². The molecule has 0 bridgehead atoms. The molecular formula is C11H17ClN2O3S. The van der Waals surface area contributed by atoms with E-state index in [0.29, 0.717) is 19.4 Å². The van der Waals surface area contributed by atoms with Gasteiger partial charge in [0, 0.05) is 13.2 Å². The summed E-state index contributed by atoms with van der Waals surface area (Å²) < 4.78 is 26.4. The number of aliphatic hydroxyl groups is 1. The average molecular weight is 293 g/mol. The molecule has 0 aliphatic rings. The van der Waals surface area contributed by atoms with Crippen LogP contribution in [-0.4, -0.2) is 26.7 Å². The van der Waals surface area contributed by atoms with Crippen molar-refractivity contribution in [3.8, 4) is 0 Å². The van der Waals surface area contributed by atoms with Gasteiger partial charge in [-0.05, 0) is 31.4 Å². The standard InChI is InChI=1S/C11H17ClN2O3S/c12-9-5-4-6-10(13)11(9)18(16,17)14-7-2-1-3-8-15/h4-6,14-15H,1-3,7-8,13H2. The molecule has 0 radical (unpaired) electrons. The molecule has 0 aliphatic heterocycles. The number of nitrogens with one attached hydrogen (secondary N) is 1. The Morgan fingerprint density at radius 1 is 1.28 bits per heavy atom. The summed E-state index contributed by atoms with van der Waals surface area (Å²) in [7, 11) is -3.68. The Bertz CT molecular complexity index is 471. The molecule has 7 heteroatoms. The molecule has 4 N–H and O–H groups in total. The number of unbranched alkanes of at least 4 members (excludes halogenated alkanes) is 2. The van der Waals surface area contributed by atoms with Crippen molar-refractivity contribution in [1.29, 1.82) is 0 Å². The Balaban J connectivity index is 2.69. The minimum atomic E-state index is -3.68. The lowest BCUT2D eigenvalue weighted by molar-refractivity contribution is 0.283. The van der Waals surface area contributed by atoms with Gasteiger partial charge in [0.25, 0.3) is 0 Å². The Hall–Kier alpha value is -0.820. The van der Waals surface area contributed by atoms with Gasteiger partial charge in [0.1, 0.15) is 4.90 Å². The number of aliphatic hydroxyl groups excluding tert-OH is 1. The predicted octanol–water partition coefficient (Wildman–Crippen LogP) is 1.36. The van der Waals surface area contributed by atoms with E-state index in [1.54, 1.807) is 6.07 Å². The van der Waals surface area contributed by atoms with Crippen LogP contribution in [0.1, 0.15) is 19.3 Å². The van der Waals surface area contributed by atoms with Crippen molar-refractivity contribution in [3.63, 3.8) is 0 Å². The van der Waals surface area contributed by atoms with Crippen LogP contribution in [0, 0.1) is 0 Å². The van der Waals surface area contributed by atoms with Gasteiger partial charge in [0.2, 0.25) is 10.0 Å². The first-order chi connectivity index (χ1) is 8.49. The first kappa shape index (κ1) is 15.2. The Morgan fingerprint density at radius 3 is 2.61 bits per heavy atom. The second-order valence-electron chi connectivity index (χ2n) is 3.84. The fourth-order valence-electron chi connectivity index (χ4n) is 1.50. The minimum absolute atomic E-state index is 0.0752. The van der Waals surface area contributed by atoms with E-state index in [4.69, 9.17) is 22.4 Å². The van der Waals surface area contributed by atoms with Crippen LogP contribution in [-0.2, 0) is 10.0 Å². The molecular weight excluding hydrogens is 276 g/mol. The van der Waals surface area contributed by atoms with Crippen LogP contribution >= 0.6 is 11.6 Å². The maximum atomic E-state index is 12.0. The summed E-state index contributed by atoms with van der Waals surface area (Å²) in [5, 5.41) is 8.71. The molecule has 0 unspecified atom stereocenters. The number of nitrogens with two attached hydrogens (primary N) is 1. The summed E-state index contributed by atoms with van der Waals surface area (Å²) in [5.74, 6) is 0. The lowest BCUT2D eigenvalue weighted by atomic mass is 10.2. The molecule has 1 aromatic rings. The average Bonchev–Trinajstić information content (AvgIpc) is 2.28. The third-order valence-electron chi connectivity index (χ3n) is 2.39. The number of hydrogen-bond donors (Lipinski definition) is 3. The lowest BCUT2D eigenvalue weighted by Gasteiger charge is -2.10. The van der Waals surface area contributed by atoms with Gasteiger partial charge in [0.15, 0.2) is 0 Å². The summed E-state index contributed by atoms with van der Waals surface area (Å²) >= 11 is 5.84. The highest BCUT2D eigenvalue weighted by Gasteiger charge is 2.20. The quantitative estimate of drug-likeness (QED) is 0.523. The third-order valence-corrected chi connectivity index (χ3v) is 4.40. The van der Waals surface area contributed by atoms with Crippen molar-refractivity contribution in [2.75, 3.05) is 18.9 Å². The SMILES string of the molecule is Nc1cccc(Cl)c1S(=O)(=O)NCCCCCO. The molecule has 0 aromatic heterocycles. The second-order valence-corrected chi connectivity index (χ2v) is 5.95. The molecule has 0 amide bonds. The predicted molar refractivity (Wildman–Crippen MR) is 72.0 cm³/mol. The van der Waals surface area contributed by atoms with Crippen LogP contribution in [0.15, 0.2) is 23.1 Å². The minimum Gasteiger partial charge on any atom is -0.398 e. The molecule has 0 spiro atoms. The molecule has 0 saturated heterocycles. The molecule has 1 aromatic carbocycles. The molecule has 18 heavy (non-hydrogen) atoms. The van der Waals surface area contributed by atoms with E-state index < -0.39 is 10.0 Å². The summed E-state index contributed by atoms with van der Waals surface area (Å²) in [6.07, 6.45) is 2.08. The molecule has 0 aliphatic carbocycles. The molecule has 0 fully saturated rings. The van der Waals surface area contributed by atoms with Gasteiger partial charge in [0.05, 0.1) is 10.7 Å². The summed E-state index contributed by atoms with van der Waals surface area (Å²) in [6.45, 7) is 0.414. The highest BCUT2D eigenvalue weighted by atomic mass is 35.5. The molecule has 102 valence electrons. The summed E-state index contributed by atoms with van der Waals surface area (Å²) in [5.41, 5.74) is 5.75. The van der Waals surface area contributed by atoms with Crippen molar-refractivity contribution in [2.24, 2.45) is 0 Å². The van der Waals surface area contributed by atoms with E-state index in [2.05, 4.69) is 4.72 Å². The molecule has 0 atom stereocenters. The zero-order valence-corrected chi connectivity index (χ0v) is 11.5. The largest absolute Gasteiger partial charge is 0.398 e. The smallest absolute Gasteiger partial charge is 0.244 e. The zero-order valence-electron chi connectivity index (χ0n) is 9.89. The van der Waals surface area contributed by atoms with E-state index in [9.17, 15) is 8.42 Å². The van der Waals surface area contributed by atoms with E-state index >= 15 is 0 Å². The van der Waals surface area contributed by atoms with Crippen molar-refractivity contribution in [2.45, 2.75) is 24.2 Å². The lowest BCUT2D eigenvalue weighted by Crippen LogP contribution is -2.26. The van der Waals surface area contributed by atoms with E-state index in [1.165, 1.54) is 12.1 Å². The van der Waals surface area contributed by atoms with Gasteiger partial charge < -0.3 is 10.8 Å². The topological polar surface area (TPSA) is 92.4 Å². The number of sulfonamides is 1. The first-order valence-corrected chi connectivity index (χ1v) is 7.49. The molecule has 0 saturated carbocycles. The molecule has 5 nitrogen and oxygen atoms in total. The van der Waals surface area contributed by atoms with E-state index in [-0.39, 0.29) is 22.2 Å². The molecule has 1 rings (SSSR count). The highest BCUT2D eigenvalue weighted by molar-refractivity contribution is 7.89. The van der Waals surface area contributed by atoms with Crippen LogP contribution in [0.2, 0.25) is 5.02 Å². The Morgan fingerprint density at radius 2 is 2.00 bits per heavy atom. The van der Waals surface area contributed by atoms with Gasteiger partial charge in [-0.2, -0.15) is 0 Å². The van der Waals surface area contributed by atoms with E-state index in [0.717, 1.165) is 6.42 Å². The van der Waals surface area contributed by atoms with Gasteiger partial charge in [-0.1, -0.05) is 17.7 Å². The van der Waals surface area contributed by atoms with Gasteiger partial charge in [-0.3, -0.25) is 0 Å². The fourth-order valence-corrected chi connectivity index (χ4v) is 3.25. The first-order valence-electron chi connectivity index (χ1n) is 5.63. The number of nitrogen functional groups attached to an aromatic ring is 1. The van der Waals surface area contributed by atoms with Gasteiger partial charge >= 0.3 is 0 Å². The van der Waals surface area contributed by atoms with Crippen LogP contribution in [0.3, 0.4) is 0 Å². The van der Waals surface area contributed by atoms with Crippen molar-refractivity contribution >= 4 is 27.3 Å². The summed E-state index contributed by atoms with van der Waals surface area (Å²) in [4.78, 5) is -0.0752. The van der Waals surface area contributed by atoms with Gasteiger partial charge in [-0.25, -0.2) is 13.1 Å². The number of halogens is 1. The fraction of sp³-hybridized carbons (Fsp3) is 0.455. The van der Waals surface area contributed by atoms with Crippen molar-refractivity contribution in [1.82, 2.24) is 4.72 Å². The van der Waals surface area contributed by atoms with Crippen molar-refractivity contribution in [3.05, 3.63) is 23.2 Å². The number of hydrogen-bond acceptors (Lipinski definition) is 4. The number of rotatable bonds is 7. The van der Waals surface area contributed by atoms with Crippen molar-refractivity contribution < 1.29 is 13.5 Å². The second kappa shape index (κ2) is 6.94. The monoisotopic (exact) mass is 292 g/mol. The van der Waals surface area contributed by atoms with Crippen LogP contribution in [0.25, 0.3) is 0 Å². The molecule has 0 heterocycles. The number of anilines is 1. The summed E-state index contributed by atoms with van der Waals surface area (Å²) in [6, 6.07) is 4.57. The number of benzene rings is 1.